The van der Waals surface area contributed by atoms with Crippen molar-refractivity contribution < 1.29 is 28.7 Å². The number of hydrogen-bond donors (Lipinski definition) is 2. The lowest BCUT2D eigenvalue weighted by Crippen LogP contribution is -2.54. The van der Waals surface area contributed by atoms with Gasteiger partial charge in [-0.15, -0.1) is 0 Å². The molecule has 1 heterocycles. The van der Waals surface area contributed by atoms with E-state index >= 15 is 0 Å². The van der Waals surface area contributed by atoms with Crippen molar-refractivity contribution in [1.82, 2.24) is 9.80 Å². The lowest BCUT2D eigenvalue weighted by atomic mass is 9.90. The second-order valence-electron chi connectivity index (χ2n) is 9.35. The van der Waals surface area contributed by atoms with E-state index in [-0.39, 0.29) is 32.0 Å². The van der Waals surface area contributed by atoms with Gasteiger partial charge in [-0.25, -0.2) is 9.59 Å². The summed E-state index contributed by atoms with van der Waals surface area (Å²) in [6.07, 6.45) is -0.423. The first kappa shape index (κ1) is 25.9. The van der Waals surface area contributed by atoms with E-state index in [1.807, 2.05) is 70.2 Å². The van der Waals surface area contributed by atoms with E-state index in [4.69, 9.17) is 4.74 Å². The van der Waals surface area contributed by atoms with Crippen LogP contribution < -0.4 is 0 Å². The van der Waals surface area contributed by atoms with E-state index in [1.54, 1.807) is 0 Å². The first-order valence-electron chi connectivity index (χ1n) is 11.3. The summed E-state index contributed by atoms with van der Waals surface area (Å²) in [5.74, 6) is -0.553. The monoisotopic (exact) mass is 488 g/mol. The smallest absolute Gasteiger partial charge is 0.344 e. The van der Waals surface area contributed by atoms with Crippen LogP contribution in [0.2, 0.25) is 0 Å². The first-order chi connectivity index (χ1) is 15.9. The number of esters is 1. The minimum atomic E-state index is -4.50. The van der Waals surface area contributed by atoms with Crippen LogP contribution in [0.4, 0.5) is 4.79 Å². The Kier molecular flexibility index (Phi) is 8.18. The number of rotatable bonds is 7. The van der Waals surface area contributed by atoms with Crippen molar-refractivity contribution in [2.24, 2.45) is 5.92 Å². The van der Waals surface area contributed by atoms with Crippen molar-refractivity contribution in [3.05, 3.63) is 70.3 Å². The van der Waals surface area contributed by atoms with Crippen LogP contribution in [0.25, 0.3) is 0 Å². The lowest BCUT2D eigenvalue weighted by Gasteiger charge is -2.39. The van der Waals surface area contributed by atoms with Crippen LogP contribution in [-0.4, -0.2) is 50.5 Å². The normalized spacial score (nSPS) is 15.7. The summed E-state index contributed by atoms with van der Waals surface area (Å²) in [6, 6.07) is 11.8. The SMILES string of the molecule is Cc1cc2c(cc1C)CN(C(=O)N(CC(C)C)CP(=O)(O)O)C(C(=O)OCc1ccccc1)C2. The summed E-state index contributed by atoms with van der Waals surface area (Å²) >= 11 is 0. The summed E-state index contributed by atoms with van der Waals surface area (Å²) in [5.41, 5.74) is 4.89. The van der Waals surface area contributed by atoms with Crippen molar-refractivity contribution >= 4 is 19.6 Å². The average Bonchev–Trinajstić information content (AvgIpc) is 2.76. The van der Waals surface area contributed by atoms with Crippen LogP contribution in [0.3, 0.4) is 0 Å². The number of nitrogens with zero attached hydrogens (tertiary/aromatic N) is 2. The zero-order valence-corrected chi connectivity index (χ0v) is 21.0. The Morgan fingerprint density at radius 1 is 1.12 bits per heavy atom. The van der Waals surface area contributed by atoms with E-state index in [0.29, 0.717) is 0 Å². The Morgan fingerprint density at radius 2 is 1.74 bits per heavy atom. The van der Waals surface area contributed by atoms with Crippen LogP contribution in [0.1, 0.15) is 41.7 Å². The van der Waals surface area contributed by atoms with Crippen LogP contribution in [0, 0.1) is 19.8 Å². The molecule has 1 atom stereocenters. The molecule has 1 unspecified atom stereocenters. The number of benzene rings is 2. The average molecular weight is 489 g/mol. The van der Waals surface area contributed by atoms with Gasteiger partial charge in [-0.1, -0.05) is 56.3 Å². The number of aryl methyl sites for hydroxylation is 2. The molecule has 0 aliphatic carbocycles. The van der Waals surface area contributed by atoms with E-state index in [1.165, 1.54) is 4.90 Å². The second kappa shape index (κ2) is 10.7. The number of ether oxygens (including phenoxy) is 1. The van der Waals surface area contributed by atoms with Crippen molar-refractivity contribution in [3.8, 4) is 0 Å². The molecule has 2 amide bonds. The van der Waals surface area contributed by atoms with E-state index in [2.05, 4.69) is 0 Å². The predicted octanol–water partition coefficient (Wildman–Crippen LogP) is 3.99. The Morgan fingerprint density at radius 3 is 2.32 bits per heavy atom. The van der Waals surface area contributed by atoms with Crippen molar-refractivity contribution in [3.63, 3.8) is 0 Å². The summed E-state index contributed by atoms with van der Waals surface area (Å²) in [6.45, 7) is 8.12. The number of carbonyl (C=O) groups is 2. The Labute approximate surface area is 200 Å². The molecule has 0 bridgehead atoms. The van der Waals surface area contributed by atoms with Crippen molar-refractivity contribution in [1.29, 1.82) is 0 Å². The minimum absolute atomic E-state index is 0.0130. The van der Waals surface area contributed by atoms with Crippen LogP contribution >= 0.6 is 7.60 Å². The molecule has 3 rings (SSSR count). The molecule has 2 N–H and O–H groups in total. The molecule has 9 heteroatoms. The van der Waals surface area contributed by atoms with Gasteiger partial charge in [0.2, 0.25) is 0 Å². The molecule has 34 heavy (non-hydrogen) atoms. The van der Waals surface area contributed by atoms with Gasteiger partial charge in [0.15, 0.2) is 0 Å². The van der Waals surface area contributed by atoms with Crippen LogP contribution in [-0.2, 0) is 33.7 Å². The maximum atomic E-state index is 13.6. The Balaban J connectivity index is 1.91. The second-order valence-corrected chi connectivity index (χ2v) is 11.0. The molecule has 1 aliphatic heterocycles. The van der Waals surface area contributed by atoms with Crippen molar-refractivity contribution in [2.75, 3.05) is 12.8 Å². The van der Waals surface area contributed by atoms with E-state index in [9.17, 15) is 23.9 Å². The Bertz CT molecular complexity index is 1080. The number of carbonyl (C=O) groups excluding carboxylic acids is 2. The third-order valence-electron chi connectivity index (χ3n) is 5.90. The molecular formula is C25H33N2O6P. The molecule has 2 aromatic carbocycles. The fraction of sp³-hybridized carbons (Fsp3) is 0.440. The molecule has 2 aromatic rings. The van der Waals surface area contributed by atoms with E-state index < -0.39 is 31.9 Å². The molecule has 0 aromatic heterocycles. The molecule has 184 valence electrons. The third kappa shape index (κ3) is 6.69. The maximum Gasteiger partial charge on any atom is 0.344 e. The van der Waals surface area contributed by atoms with Gasteiger partial charge in [0.05, 0.1) is 0 Å². The maximum absolute atomic E-state index is 13.6. The summed E-state index contributed by atoms with van der Waals surface area (Å²) in [7, 11) is -4.50. The predicted molar refractivity (Wildman–Crippen MR) is 129 cm³/mol. The third-order valence-corrected chi connectivity index (χ3v) is 6.61. The number of urea groups is 1. The van der Waals surface area contributed by atoms with Gasteiger partial charge in [0.25, 0.3) is 0 Å². The van der Waals surface area contributed by atoms with Crippen molar-refractivity contribution in [2.45, 2.75) is 53.3 Å². The molecule has 0 radical (unpaired) electrons. The van der Waals surface area contributed by atoms with Gasteiger partial charge >= 0.3 is 19.6 Å². The van der Waals surface area contributed by atoms with Gasteiger partial charge in [-0.05, 0) is 47.6 Å². The highest BCUT2D eigenvalue weighted by molar-refractivity contribution is 7.51. The first-order valence-corrected chi connectivity index (χ1v) is 13.1. The molecule has 8 nitrogen and oxygen atoms in total. The molecule has 0 saturated carbocycles. The minimum Gasteiger partial charge on any atom is -0.459 e. The fourth-order valence-corrected chi connectivity index (χ4v) is 4.84. The highest BCUT2D eigenvalue weighted by Gasteiger charge is 2.39. The number of fused-ring (bicyclic) bond motifs is 1. The van der Waals surface area contributed by atoms with E-state index in [0.717, 1.165) is 32.7 Å². The topological polar surface area (TPSA) is 107 Å². The molecule has 1 aliphatic rings. The van der Waals surface area contributed by atoms with Crippen LogP contribution in [0.5, 0.6) is 0 Å². The van der Waals surface area contributed by atoms with Crippen LogP contribution in [0.15, 0.2) is 42.5 Å². The highest BCUT2D eigenvalue weighted by Crippen LogP contribution is 2.36. The fourth-order valence-electron chi connectivity index (χ4n) is 4.16. The van der Waals surface area contributed by atoms with Gasteiger partial charge < -0.3 is 24.3 Å². The van der Waals surface area contributed by atoms with Gasteiger partial charge in [-0.3, -0.25) is 4.57 Å². The molecule has 0 saturated heterocycles. The standard InChI is InChI=1S/C25H33N2O6P/c1-17(2)13-26(16-34(30,31)32)25(29)27-14-22-11-19(4)18(3)10-21(22)12-23(27)24(28)33-15-20-8-6-5-7-9-20/h5-11,17,23H,12-16H2,1-4H3,(H2,30,31,32). The lowest BCUT2D eigenvalue weighted by molar-refractivity contribution is -0.151. The Hall–Kier alpha value is -2.67. The summed E-state index contributed by atoms with van der Waals surface area (Å²) < 4.78 is 17.3. The van der Waals surface area contributed by atoms with Gasteiger partial charge in [-0.2, -0.15) is 0 Å². The molecular weight excluding hydrogens is 455 g/mol. The van der Waals surface area contributed by atoms with Gasteiger partial charge in [0.1, 0.15) is 18.9 Å². The zero-order chi connectivity index (χ0) is 25.0. The number of hydrogen-bond acceptors (Lipinski definition) is 4. The zero-order valence-electron chi connectivity index (χ0n) is 20.1. The number of amides is 2. The highest BCUT2D eigenvalue weighted by atomic mass is 31.2. The molecule has 0 fully saturated rings. The summed E-state index contributed by atoms with van der Waals surface area (Å²) in [5, 5.41) is 0. The summed E-state index contributed by atoms with van der Waals surface area (Å²) in [4.78, 5) is 48.4. The molecule has 0 spiro atoms. The van der Waals surface area contributed by atoms with Gasteiger partial charge in [0, 0.05) is 19.5 Å². The largest absolute Gasteiger partial charge is 0.459 e. The quantitative estimate of drug-likeness (QED) is 0.451.